The predicted molar refractivity (Wildman–Crippen MR) is 96.3 cm³/mol. The minimum atomic E-state index is -0.346. The third-order valence-electron chi connectivity index (χ3n) is 5.41. The molecule has 0 aromatic heterocycles. The fraction of sp³-hybridized carbons (Fsp3) is 0.579. The maximum atomic E-state index is 12.1. The molecule has 7 nitrogen and oxygen atoms in total. The second kappa shape index (κ2) is 7.73. The first-order valence-corrected chi connectivity index (χ1v) is 9.36. The summed E-state index contributed by atoms with van der Waals surface area (Å²) in [6.07, 6.45) is 0. The van der Waals surface area contributed by atoms with Gasteiger partial charge in [0.15, 0.2) is 0 Å². The molecule has 0 radical (unpaired) electrons. The van der Waals surface area contributed by atoms with E-state index in [0.29, 0.717) is 13.1 Å². The van der Waals surface area contributed by atoms with Crippen LogP contribution in [0.15, 0.2) is 24.3 Å². The number of carbonyl (C=O) groups excluding carboxylic acids is 2. The molecule has 1 atom stereocenters. The maximum absolute atomic E-state index is 12.1. The van der Waals surface area contributed by atoms with Crippen LogP contribution >= 0.6 is 0 Å². The quantitative estimate of drug-likeness (QED) is 0.798. The number of hydrogen-bond donors (Lipinski definition) is 1. The van der Waals surface area contributed by atoms with Gasteiger partial charge >= 0.3 is 0 Å². The molecule has 0 aliphatic carbocycles. The van der Waals surface area contributed by atoms with Crippen LogP contribution in [-0.4, -0.2) is 85.0 Å². The fourth-order valence-corrected chi connectivity index (χ4v) is 3.99. The Morgan fingerprint density at radius 2 is 1.73 bits per heavy atom. The van der Waals surface area contributed by atoms with Crippen molar-refractivity contribution in [2.24, 2.45) is 0 Å². The van der Waals surface area contributed by atoms with Gasteiger partial charge in [0, 0.05) is 45.8 Å². The molecular formula is C19H26N4O3. The Kier molecular flexibility index (Phi) is 5.19. The first-order chi connectivity index (χ1) is 12.7. The van der Waals surface area contributed by atoms with Crippen molar-refractivity contribution in [3.8, 4) is 0 Å². The largest absolute Gasteiger partial charge is 0.379 e. The van der Waals surface area contributed by atoms with Crippen LogP contribution in [0.25, 0.3) is 0 Å². The maximum Gasteiger partial charge on any atom is 0.244 e. The molecule has 3 saturated heterocycles. The standard InChI is InChI=1S/C19H26N4O3/c24-18-11-20-19(25)17-14-22(4-5-23(17)18)13-16-3-1-2-15(10-16)12-21-6-8-26-9-7-21/h1-3,10,17H,4-9,11-14H2,(H,20,25)/t17-/m1/s1. The fourth-order valence-electron chi connectivity index (χ4n) is 3.99. The Balaban J connectivity index is 1.37. The number of amides is 2. The molecule has 0 saturated carbocycles. The van der Waals surface area contributed by atoms with E-state index in [1.54, 1.807) is 4.90 Å². The summed E-state index contributed by atoms with van der Waals surface area (Å²) >= 11 is 0. The van der Waals surface area contributed by atoms with Gasteiger partial charge < -0.3 is 15.0 Å². The van der Waals surface area contributed by atoms with Crippen molar-refractivity contribution in [3.63, 3.8) is 0 Å². The van der Waals surface area contributed by atoms with E-state index in [1.165, 1.54) is 11.1 Å². The topological polar surface area (TPSA) is 65.1 Å². The van der Waals surface area contributed by atoms with Crippen LogP contribution < -0.4 is 5.32 Å². The van der Waals surface area contributed by atoms with Gasteiger partial charge in [0.2, 0.25) is 11.8 Å². The van der Waals surface area contributed by atoms with E-state index < -0.39 is 0 Å². The summed E-state index contributed by atoms with van der Waals surface area (Å²) in [6, 6.07) is 8.33. The predicted octanol–water partition coefficient (Wildman–Crippen LogP) is -0.339. The zero-order valence-corrected chi connectivity index (χ0v) is 15.0. The van der Waals surface area contributed by atoms with E-state index in [4.69, 9.17) is 4.74 Å². The normalized spacial score (nSPS) is 25.1. The number of fused-ring (bicyclic) bond motifs is 1. The van der Waals surface area contributed by atoms with Crippen molar-refractivity contribution in [1.82, 2.24) is 20.0 Å². The molecule has 1 aromatic carbocycles. The van der Waals surface area contributed by atoms with Gasteiger partial charge in [-0.25, -0.2) is 0 Å². The van der Waals surface area contributed by atoms with Crippen LogP contribution in [-0.2, 0) is 27.4 Å². The van der Waals surface area contributed by atoms with E-state index in [9.17, 15) is 9.59 Å². The van der Waals surface area contributed by atoms with Crippen LogP contribution in [0.2, 0.25) is 0 Å². The van der Waals surface area contributed by atoms with Crippen LogP contribution in [0, 0.1) is 0 Å². The number of nitrogens with zero attached hydrogens (tertiary/aromatic N) is 3. The van der Waals surface area contributed by atoms with Gasteiger partial charge in [-0.3, -0.25) is 19.4 Å². The van der Waals surface area contributed by atoms with Crippen molar-refractivity contribution in [3.05, 3.63) is 35.4 Å². The van der Waals surface area contributed by atoms with E-state index in [-0.39, 0.29) is 24.4 Å². The minimum Gasteiger partial charge on any atom is -0.379 e. The number of nitrogens with one attached hydrogen (secondary N) is 1. The average Bonchev–Trinajstić information content (AvgIpc) is 2.66. The van der Waals surface area contributed by atoms with E-state index in [1.807, 2.05) is 0 Å². The summed E-state index contributed by atoms with van der Waals surface area (Å²) in [5.74, 6) is -0.00266. The lowest BCUT2D eigenvalue weighted by molar-refractivity contribution is -0.149. The van der Waals surface area contributed by atoms with Crippen LogP contribution in [0.4, 0.5) is 0 Å². The average molecular weight is 358 g/mol. The molecule has 3 fully saturated rings. The second-order valence-electron chi connectivity index (χ2n) is 7.26. The molecule has 0 unspecified atom stereocenters. The van der Waals surface area contributed by atoms with Gasteiger partial charge in [0.1, 0.15) is 6.04 Å². The van der Waals surface area contributed by atoms with Gasteiger partial charge in [-0.15, -0.1) is 0 Å². The molecule has 140 valence electrons. The number of rotatable bonds is 4. The van der Waals surface area contributed by atoms with Gasteiger partial charge in [-0.1, -0.05) is 24.3 Å². The van der Waals surface area contributed by atoms with Crippen molar-refractivity contribution in [1.29, 1.82) is 0 Å². The molecule has 3 aliphatic rings. The number of piperazine rings is 2. The molecular weight excluding hydrogens is 332 g/mol. The molecule has 4 rings (SSSR count). The summed E-state index contributed by atoms with van der Waals surface area (Å²) in [6.45, 7) is 7.53. The summed E-state index contributed by atoms with van der Waals surface area (Å²) in [5, 5.41) is 2.70. The third-order valence-corrected chi connectivity index (χ3v) is 5.41. The molecule has 0 bridgehead atoms. The molecule has 2 amide bonds. The molecule has 3 aliphatic heterocycles. The van der Waals surface area contributed by atoms with Crippen LogP contribution in [0.1, 0.15) is 11.1 Å². The number of ether oxygens (including phenoxy) is 1. The second-order valence-corrected chi connectivity index (χ2v) is 7.26. The van der Waals surface area contributed by atoms with Crippen molar-refractivity contribution >= 4 is 11.8 Å². The highest BCUT2D eigenvalue weighted by molar-refractivity contribution is 5.95. The highest BCUT2D eigenvalue weighted by Crippen LogP contribution is 2.17. The monoisotopic (exact) mass is 358 g/mol. The Hall–Kier alpha value is -1.96. The lowest BCUT2D eigenvalue weighted by Crippen LogP contribution is -2.65. The highest BCUT2D eigenvalue weighted by atomic mass is 16.5. The molecule has 7 heteroatoms. The van der Waals surface area contributed by atoms with Gasteiger partial charge in [-0.2, -0.15) is 0 Å². The number of benzene rings is 1. The summed E-state index contributed by atoms with van der Waals surface area (Å²) in [7, 11) is 0. The number of hydrogen-bond acceptors (Lipinski definition) is 5. The van der Waals surface area contributed by atoms with E-state index >= 15 is 0 Å². The summed E-state index contributed by atoms with van der Waals surface area (Å²) in [4.78, 5) is 30.5. The Morgan fingerprint density at radius 1 is 1.00 bits per heavy atom. The zero-order valence-electron chi connectivity index (χ0n) is 15.0. The van der Waals surface area contributed by atoms with Crippen LogP contribution in [0.3, 0.4) is 0 Å². The lowest BCUT2D eigenvalue weighted by atomic mass is 10.1. The van der Waals surface area contributed by atoms with Crippen molar-refractivity contribution in [2.75, 3.05) is 52.5 Å². The Labute approximate surface area is 153 Å². The highest BCUT2D eigenvalue weighted by Gasteiger charge is 2.38. The SMILES string of the molecule is O=C1NCC(=O)N2CCN(Cc3cccc(CN4CCOCC4)c3)C[C@H]12. The lowest BCUT2D eigenvalue weighted by Gasteiger charge is -2.43. The van der Waals surface area contributed by atoms with E-state index in [2.05, 4.69) is 39.4 Å². The van der Waals surface area contributed by atoms with Crippen LogP contribution in [0.5, 0.6) is 0 Å². The summed E-state index contributed by atoms with van der Waals surface area (Å²) < 4.78 is 5.41. The third kappa shape index (κ3) is 3.90. The first-order valence-electron chi connectivity index (χ1n) is 9.36. The molecule has 26 heavy (non-hydrogen) atoms. The zero-order chi connectivity index (χ0) is 17.9. The minimum absolute atomic E-state index is 0.0294. The smallest absolute Gasteiger partial charge is 0.244 e. The Morgan fingerprint density at radius 3 is 2.50 bits per heavy atom. The van der Waals surface area contributed by atoms with Gasteiger partial charge in [0.05, 0.1) is 19.8 Å². The molecule has 1 N–H and O–H groups in total. The Bertz CT molecular complexity index is 675. The molecule has 0 spiro atoms. The summed E-state index contributed by atoms with van der Waals surface area (Å²) in [5.41, 5.74) is 2.57. The van der Waals surface area contributed by atoms with Gasteiger partial charge in [-0.05, 0) is 11.1 Å². The van der Waals surface area contributed by atoms with Crippen molar-refractivity contribution < 1.29 is 14.3 Å². The molecule has 3 heterocycles. The molecule has 1 aromatic rings. The number of carbonyl (C=O) groups is 2. The number of morpholine rings is 1. The van der Waals surface area contributed by atoms with Crippen molar-refractivity contribution in [2.45, 2.75) is 19.1 Å². The first kappa shape index (κ1) is 17.5. The van der Waals surface area contributed by atoms with Gasteiger partial charge in [0.25, 0.3) is 0 Å². The van der Waals surface area contributed by atoms with E-state index in [0.717, 1.165) is 45.9 Å².